The molecule has 0 radical (unpaired) electrons. The van der Waals surface area contributed by atoms with Gasteiger partial charge in [-0.3, -0.25) is 4.79 Å². The minimum absolute atomic E-state index is 0.0914. The van der Waals surface area contributed by atoms with E-state index in [1.807, 2.05) is 0 Å². The first-order valence-electron chi connectivity index (χ1n) is 6.26. The second-order valence-electron chi connectivity index (χ2n) is 5.52. The Labute approximate surface area is 112 Å². The van der Waals surface area contributed by atoms with Gasteiger partial charge in [-0.1, -0.05) is 20.8 Å². The fourth-order valence-electron chi connectivity index (χ4n) is 1.38. The lowest BCUT2D eigenvalue weighted by Crippen LogP contribution is -2.25. The number of aromatic nitrogens is 1. The third-order valence-corrected chi connectivity index (χ3v) is 3.40. The number of aryl methyl sites for hydroxylation is 1. The average Bonchev–Trinajstić information content (AvgIpc) is 2.74. The fraction of sp³-hybridized carbons (Fsp3) is 0.692. The van der Waals surface area contributed by atoms with Gasteiger partial charge in [0.05, 0.1) is 5.01 Å². The first-order chi connectivity index (χ1) is 8.42. The van der Waals surface area contributed by atoms with Crippen molar-refractivity contribution >= 4 is 17.2 Å². The molecule has 4 nitrogen and oxygen atoms in total. The van der Waals surface area contributed by atoms with E-state index >= 15 is 0 Å². The van der Waals surface area contributed by atoms with Crippen LogP contribution in [0.1, 0.15) is 49.1 Å². The summed E-state index contributed by atoms with van der Waals surface area (Å²) >= 11 is 1.54. The van der Waals surface area contributed by atoms with Gasteiger partial charge in [0.15, 0.2) is 0 Å². The quantitative estimate of drug-likeness (QED) is 0.779. The van der Waals surface area contributed by atoms with Gasteiger partial charge in [-0.05, 0) is 24.7 Å². The molecule has 1 rings (SSSR count). The monoisotopic (exact) mass is 270 g/mol. The van der Waals surface area contributed by atoms with Crippen molar-refractivity contribution in [2.75, 3.05) is 13.2 Å². The van der Waals surface area contributed by atoms with E-state index in [0.717, 1.165) is 17.8 Å². The lowest BCUT2D eigenvalue weighted by Gasteiger charge is -2.16. The van der Waals surface area contributed by atoms with Crippen LogP contribution >= 0.6 is 11.3 Å². The number of hydrogen-bond acceptors (Lipinski definition) is 4. The Bertz CT molecular complexity index is 383. The molecule has 1 aromatic rings. The van der Waals surface area contributed by atoms with Gasteiger partial charge in [0.2, 0.25) is 0 Å². The second-order valence-corrected chi connectivity index (χ2v) is 6.46. The van der Waals surface area contributed by atoms with E-state index in [-0.39, 0.29) is 17.9 Å². The first kappa shape index (κ1) is 15.1. The van der Waals surface area contributed by atoms with Crippen LogP contribution in [0.2, 0.25) is 0 Å². The van der Waals surface area contributed by atoms with Crippen molar-refractivity contribution in [2.24, 2.45) is 5.41 Å². The van der Waals surface area contributed by atoms with E-state index in [9.17, 15) is 4.79 Å². The summed E-state index contributed by atoms with van der Waals surface area (Å²) in [5.41, 5.74) is 0.775. The van der Waals surface area contributed by atoms with Crippen molar-refractivity contribution in [3.63, 3.8) is 0 Å². The summed E-state index contributed by atoms with van der Waals surface area (Å²) in [6, 6.07) is 0. The van der Waals surface area contributed by atoms with Crippen LogP contribution in [0.4, 0.5) is 0 Å². The highest BCUT2D eigenvalue weighted by Crippen LogP contribution is 2.22. The highest BCUT2D eigenvalue weighted by molar-refractivity contribution is 7.09. The number of nitrogens with one attached hydrogen (secondary N) is 1. The maximum atomic E-state index is 11.7. The van der Waals surface area contributed by atoms with E-state index in [4.69, 9.17) is 5.11 Å². The Hall–Kier alpha value is -0.940. The van der Waals surface area contributed by atoms with Gasteiger partial charge < -0.3 is 10.4 Å². The number of nitrogens with zero attached hydrogens (tertiary/aromatic N) is 1. The van der Waals surface area contributed by atoms with E-state index < -0.39 is 0 Å². The molecular formula is C13H22N2O2S. The van der Waals surface area contributed by atoms with Crippen molar-refractivity contribution in [3.05, 3.63) is 16.1 Å². The zero-order chi connectivity index (χ0) is 13.6. The predicted octanol–water partition coefficient (Wildman–Crippen LogP) is 2.23. The minimum Gasteiger partial charge on any atom is -0.396 e. The Kier molecular flexibility index (Phi) is 5.75. The molecule has 0 spiro atoms. The number of amides is 1. The summed E-state index contributed by atoms with van der Waals surface area (Å²) in [5.74, 6) is -0.151. The maximum Gasteiger partial charge on any atom is 0.270 e. The number of carbonyl (C=O) groups excluding carboxylic acids is 1. The molecule has 102 valence electrons. The van der Waals surface area contributed by atoms with Gasteiger partial charge in [0.25, 0.3) is 5.91 Å². The van der Waals surface area contributed by atoms with Crippen LogP contribution in [-0.4, -0.2) is 29.1 Å². The molecule has 0 aliphatic rings. The summed E-state index contributed by atoms with van der Waals surface area (Å²) in [7, 11) is 0. The highest BCUT2D eigenvalue weighted by atomic mass is 32.1. The van der Waals surface area contributed by atoms with Crippen LogP contribution < -0.4 is 5.32 Å². The summed E-state index contributed by atoms with van der Waals surface area (Å²) in [6.45, 7) is 7.17. The molecule has 2 N–H and O–H groups in total. The molecule has 0 saturated heterocycles. The third kappa shape index (κ3) is 5.60. The minimum atomic E-state index is -0.151. The van der Waals surface area contributed by atoms with Crippen LogP contribution in [0.5, 0.6) is 0 Å². The van der Waals surface area contributed by atoms with Crippen molar-refractivity contribution < 1.29 is 9.90 Å². The van der Waals surface area contributed by atoms with Crippen LogP contribution in [0.25, 0.3) is 0 Å². The van der Waals surface area contributed by atoms with E-state index in [1.165, 1.54) is 11.3 Å². The molecule has 0 aliphatic carbocycles. The van der Waals surface area contributed by atoms with E-state index in [2.05, 4.69) is 31.1 Å². The normalized spacial score (nSPS) is 11.6. The molecule has 0 saturated carbocycles. The van der Waals surface area contributed by atoms with Crippen LogP contribution in [0.3, 0.4) is 0 Å². The summed E-state index contributed by atoms with van der Waals surface area (Å²) in [6.07, 6.45) is 2.55. The SMILES string of the molecule is CC(C)(C)CCc1nc(C(=O)NCCCO)cs1. The first-order valence-corrected chi connectivity index (χ1v) is 7.14. The lowest BCUT2D eigenvalue weighted by molar-refractivity contribution is 0.0946. The fourth-order valence-corrected chi connectivity index (χ4v) is 2.16. The van der Waals surface area contributed by atoms with Gasteiger partial charge in [-0.25, -0.2) is 4.98 Å². The standard InChI is InChI=1S/C13H22N2O2S/c1-13(2,3)6-5-11-15-10(9-18-11)12(17)14-7-4-8-16/h9,16H,4-8H2,1-3H3,(H,14,17). The Morgan fingerprint density at radius 1 is 1.50 bits per heavy atom. The van der Waals surface area contributed by atoms with Crippen LogP contribution in [0, 0.1) is 5.41 Å². The Morgan fingerprint density at radius 2 is 2.22 bits per heavy atom. The summed E-state index contributed by atoms with van der Waals surface area (Å²) in [4.78, 5) is 16.0. The number of thiazole rings is 1. The molecule has 0 fully saturated rings. The van der Waals surface area contributed by atoms with Gasteiger partial charge >= 0.3 is 0 Å². The average molecular weight is 270 g/mol. The van der Waals surface area contributed by atoms with E-state index in [0.29, 0.717) is 18.7 Å². The van der Waals surface area contributed by atoms with Gasteiger partial charge in [-0.15, -0.1) is 11.3 Å². The van der Waals surface area contributed by atoms with Crippen LogP contribution in [-0.2, 0) is 6.42 Å². The molecule has 0 bridgehead atoms. The van der Waals surface area contributed by atoms with Crippen LogP contribution in [0.15, 0.2) is 5.38 Å². The summed E-state index contributed by atoms with van der Waals surface area (Å²) in [5, 5.41) is 14.2. The lowest BCUT2D eigenvalue weighted by atomic mass is 9.91. The molecular weight excluding hydrogens is 248 g/mol. The largest absolute Gasteiger partial charge is 0.396 e. The zero-order valence-electron chi connectivity index (χ0n) is 11.3. The summed E-state index contributed by atoms with van der Waals surface area (Å²) < 4.78 is 0. The smallest absolute Gasteiger partial charge is 0.270 e. The molecule has 0 atom stereocenters. The molecule has 1 aromatic heterocycles. The number of aliphatic hydroxyl groups excluding tert-OH is 1. The topological polar surface area (TPSA) is 62.2 Å². The van der Waals surface area contributed by atoms with Crippen molar-refractivity contribution in [1.29, 1.82) is 0 Å². The molecule has 1 amide bonds. The van der Waals surface area contributed by atoms with Crippen molar-refractivity contribution in [3.8, 4) is 0 Å². The molecule has 0 aliphatic heterocycles. The maximum absolute atomic E-state index is 11.7. The van der Waals surface area contributed by atoms with Gasteiger partial charge in [-0.2, -0.15) is 0 Å². The highest BCUT2D eigenvalue weighted by Gasteiger charge is 2.14. The number of carbonyl (C=O) groups is 1. The molecule has 0 aromatic carbocycles. The zero-order valence-corrected chi connectivity index (χ0v) is 12.1. The Balaban J connectivity index is 2.45. The number of aliphatic hydroxyl groups is 1. The number of hydrogen-bond donors (Lipinski definition) is 2. The third-order valence-electron chi connectivity index (χ3n) is 2.49. The van der Waals surface area contributed by atoms with E-state index in [1.54, 1.807) is 5.38 Å². The second kappa shape index (κ2) is 6.85. The van der Waals surface area contributed by atoms with Gasteiger partial charge in [0.1, 0.15) is 5.69 Å². The van der Waals surface area contributed by atoms with Crippen molar-refractivity contribution in [1.82, 2.24) is 10.3 Å². The van der Waals surface area contributed by atoms with Crippen molar-refractivity contribution in [2.45, 2.75) is 40.0 Å². The number of rotatable bonds is 6. The Morgan fingerprint density at radius 3 is 2.83 bits per heavy atom. The molecule has 1 heterocycles. The molecule has 0 unspecified atom stereocenters. The van der Waals surface area contributed by atoms with Gasteiger partial charge in [0, 0.05) is 18.5 Å². The molecule has 5 heteroatoms. The predicted molar refractivity (Wildman–Crippen MR) is 73.9 cm³/mol. The molecule has 18 heavy (non-hydrogen) atoms.